The summed E-state index contributed by atoms with van der Waals surface area (Å²) in [5.74, 6) is -0.464. The van der Waals surface area contributed by atoms with Gasteiger partial charge in [-0.1, -0.05) is 42.3 Å². The topological polar surface area (TPSA) is 96.0 Å². The van der Waals surface area contributed by atoms with E-state index in [0.717, 1.165) is 17.0 Å². The van der Waals surface area contributed by atoms with Crippen LogP contribution in [0.5, 0.6) is 5.75 Å². The minimum absolute atomic E-state index is 0.0283. The lowest BCUT2D eigenvalue weighted by Crippen LogP contribution is -2.52. The number of nitrogens with one attached hydrogen (secondary N) is 1. The van der Waals surface area contributed by atoms with E-state index in [4.69, 9.17) is 27.9 Å². The number of methoxy groups -OCH3 is 1. The molecule has 2 rings (SSSR count). The molecular formula is C24H31Cl2N3O5S. The Morgan fingerprint density at radius 1 is 1.09 bits per heavy atom. The predicted molar refractivity (Wildman–Crippen MR) is 140 cm³/mol. The first-order valence-corrected chi connectivity index (χ1v) is 13.6. The number of benzene rings is 2. The number of halogens is 2. The van der Waals surface area contributed by atoms with Gasteiger partial charge in [-0.15, -0.1) is 0 Å². The minimum Gasteiger partial charge on any atom is -0.497 e. The van der Waals surface area contributed by atoms with Gasteiger partial charge in [-0.2, -0.15) is 0 Å². The summed E-state index contributed by atoms with van der Waals surface area (Å²) in [6.07, 6.45) is 1.74. The largest absolute Gasteiger partial charge is 0.497 e. The maximum absolute atomic E-state index is 13.5. The quantitative estimate of drug-likeness (QED) is 0.460. The third kappa shape index (κ3) is 8.02. The summed E-state index contributed by atoms with van der Waals surface area (Å²) in [7, 11) is -2.37. The summed E-state index contributed by atoms with van der Waals surface area (Å²) in [5, 5.41) is 3.54. The summed E-state index contributed by atoms with van der Waals surface area (Å²) in [4.78, 5) is 27.8. The van der Waals surface area contributed by atoms with Gasteiger partial charge in [-0.05, 0) is 50.1 Å². The zero-order valence-electron chi connectivity index (χ0n) is 20.4. The molecule has 0 aliphatic carbocycles. The van der Waals surface area contributed by atoms with Gasteiger partial charge in [0.1, 0.15) is 18.3 Å². The van der Waals surface area contributed by atoms with Crippen molar-refractivity contribution in [2.24, 2.45) is 0 Å². The summed E-state index contributed by atoms with van der Waals surface area (Å²) >= 11 is 12.2. The van der Waals surface area contributed by atoms with Crippen LogP contribution in [0.2, 0.25) is 10.0 Å². The lowest BCUT2D eigenvalue weighted by atomic mass is 10.1. The molecule has 192 valence electrons. The molecule has 0 saturated carbocycles. The molecule has 0 radical (unpaired) electrons. The molecular weight excluding hydrogens is 513 g/mol. The normalized spacial score (nSPS) is 13.0. The number of carbonyl (C=O) groups excluding carboxylic acids is 2. The molecule has 2 aromatic carbocycles. The van der Waals surface area contributed by atoms with Gasteiger partial charge in [-0.3, -0.25) is 13.9 Å². The van der Waals surface area contributed by atoms with Gasteiger partial charge in [0.2, 0.25) is 21.8 Å². The monoisotopic (exact) mass is 543 g/mol. The van der Waals surface area contributed by atoms with Gasteiger partial charge in [0.25, 0.3) is 0 Å². The molecule has 35 heavy (non-hydrogen) atoms. The fraction of sp³-hybridized carbons (Fsp3) is 0.417. The van der Waals surface area contributed by atoms with Crippen LogP contribution in [0, 0.1) is 0 Å². The lowest BCUT2D eigenvalue weighted by Gasteiger charge is -2.32. The highest BCUT2D eigenvalue weighted by Crippen LogP contribution is 2.25. The molecule has 0 saturated heterocycles. The standard InChI is InChI=1S/C24H31Cl2N3O5S/c1-6-16(2)27-24(31)17(3)28(14-18-10-11-21(25)22(26)12-18)23(30)15-29(35(5,32)33)19-8-7-9-20(13-19)34-4/h7-13,16-17H,6,14-15H2,1-5H3,(H,27,31)/t16-,17-/m0/s1. The van der Waals surface area contributed by atoms with E-state index < -0.39 is 28.5 Å². The van der Waals surface area contributed by atoms with E-state index in [2.05, 4.69) is 5.32 Å². The van der Waals surface area contributed by atoms with E-state index in [0.29, 0.717) is 21.4 Å². The highest BCUT2D eigenvalue weighted by atomic mass is 35.5. The Morgan fingerprint density at radius 2 is 1.77 bits per heavy atom. The minimum atomic E-state index is -3.83. The van der Waals surface area contributed by atoms with Crippen molar-refractivity contribution < 1.29 is 22.7 Å². The molecule has 8 nitrogen and oxygen atoms in total. The number of sulfonamides is 1. The van der Waals surface area contributed by atoms with E-state index >= 15 is 0 Å². The SMILES string of the molecule is CC[C@H](C)NC(=O)[C@H](C)N(Cc1ccc(Cl)c(Cl)c1)C(=O)CN(c1cccc(OC)c1)S(C)(=O)=O. The average molecular weight is 545 g/mol. The van der Waals surface area contributed by atoms with Crippen LogP contribution in [0.15, 0.2) is 42.5 Å². The molecule has 0 spiro atoms. The van der Waals surface area contributed by atoms with Crippen LogP contribution in [0.4, 0.5) is 5.69 Å². The zero-order valence-corrected chi connectivity index (χ0v) is 22.7. The Labute approximate surface area is 217 Å². The van der Waals surface area contributed by atoms with Crippen molar-refractivity contribution in [3.63, 3.8) is 0 Å². The zero-order chi connectivity index (χ0) is 26.3. The summed E-state index contributed by atoms with van der Waals surface area (Å²) in [5.41, 5.74) is 0.912. The van der Waals surface area contributed by atoms with Crippen LogP contribution in [0.1, 0.15) is 32.8 Å². The fourth-order valence-corrected chi connectivity index (χ4v) is 4.42. The van der Waals surface area contributed by atoms with E-state index in [1.807, 2.05) is 13.8 Å². The first-order chi connectivity index (χ1) is 16.4. The van der Waals surface area contributed by atoms with E-state index in [9.17, 15) is 18.0 Å². The second kappa shape index (κ2) is 12.5. The van der Waals surface area contributed by atoms with Gasteiger partial charge in [0.05, 0.1) is 29.1 Å². The molecule has 0 unspecified atom stereocenters. The number of anilines is 1. The average Bonchev–Trinajstić information content (AvgIpc) is 2.81. The van der Waals surface area contributed by atoms with Crippen molar-refractivity contribution in [1.82, 2.24) is 10.2 Å². The third-order valence-corrected chi connectivity index (χ3v) is 7.41. The molecule has 0 aromatic heterocycles. The number of hydrogen-bond donors (Lipinski definition) is 1. The number of ether oxygens (including phenoxy) is 1. The Bertz CT molecular complexity index is 1160. The highest BCUT2D eigenvalue weighted by Gasteiger charge is 2.30. The van der Waals surface area contributed by atoms with E-state index in [-0.39, 0.29) is 24.2 Å². The van der Waals surface area contributed by atoms with Gasteiger partial charge < -0.3 is 15.0 Å². The summed E-state index contributed by atoms with van der Waals surface area (Å²) < 4.78 is 31.4. The lowest BCUT2D eigenvalue weighted by molar-refractivity contribution is -0.139. The number of hydrogen-bond acceptors (Lipinski definition) is 5. The molecule has 2 atom stereocenters. The Balaban J connectivity index is 2.42. The van der Waals surface area contributed by atoms with Crippen molar-refractivity contribution in [3.8, 4) is 5.75 Å². The van der Waals surface area contributed by atoms with Crippen molar-refractivity contribution in [3.05, 3.63) is 58.1 Å². The van der Waals surface area contributed by atoms with Crippen LogP contribution < -0.4 is 14.4 Å². The second-order valence-corrected chi connectivity index (χ2v) is 11.0. The predicted octanol–water partition coefficient (Wildman–Crippen LogP) is 4.10. The molecule has 0 heterocycles. The third-order valence-electron chi connectivity index (χ3n) is 5.53. The van der Waals surface area contributed by atoms with Crippen LogP contribution in [0.3, 0.4) is 0 Å². The number of carbonyl (C=O) groups is 2. The van der Waals surface area contributed by atoms with Gasteiger partial charge in [0, 0.05) is 18.7 Å². The number of nitrogens with zero attached hydrogens (tertiary/aromatic N) is 2. The van der Waals surface area contributed by atoms with Crippen LogP contribution in [-0.2, 0) is 26.2 Å². The molecule has 0 bridgehead atoms. The molecule has 0 fully saturated rings. The van der Waals surface area contributed by atoms with E-state index in [1.54, 1.807) is 43.3 Å². The molecule has 1 N–H and O–H groups in total. The highest BCUT2D eigenvalue weighted by molar-refractivity contribution is 7.92. The molecule has 11 heteroatoms. The van der Waals surface area contributed by atoms with Crippen LogP contribution in [-0.4, -0.2) is 57.1 Å². The molecule has 2 aromatic rings. The van der Waals surface area contributed by atoms with Crippen molar-refractivity contribution in [1.29, 1.82) is 0 Å². The fourth-order valence-electron chi connectivity index (χ4n) is 3.26. The van der Waals surface area contributed by atoms with Crippen molar-refractivity contribution in [2.75, 3.05) is 24.2 Å². The van der Waals surface area contributed by atoms with Crippen molar-refractivity contribution in [2.45, 2.75) is 45.8 Å². The van der Waals surface area contributed by atoms with Gasteiger partial charge >= 0.3 is 0 Å². The first kappa shape index (κ1) is 28.7. The Kier molecular flexibility index (Phi) is 10.2. The van der Waals surface area contributed by atoms with Gasteiger partial charge in [-0.25, -0.2) is 8.42 Å². The van der Waals surface area contributed by atoms with Crippen LogP contribution >= 0.6 is 23.2 Å². The number of amides is 2. The maximum Gasteiger partial charge on any atom is 0.244 e. The molecule has 0 aliphatic rings. The van der Waals surface area contributed by atoms with Gasteiger partial charge in [0.15, 0.2) is 0 Å². The van der Waals surface area contributed by atoms with E-state index in [1.165, 1.54) is 18.1 Å². The first-order valence-electron chi connectivity index (χ1n) is 11.0. The van der Waals surface area contributed by atoms with Crippen molar-refractivity contribution >= 4 is 50.7 Å². The summed E-state index contributed by atoms with van der Waals surface area (Å²) in [6.45, 7) is 4.93. The number of rotatable bonds is 11. The Morgan fingerprint density at radius 3 is 2.34 bits per heavy atom. The maximum atomic E-state index is 13.5. The molecule has 2 amide bonds. The van der Waals surface area contributed by atoms with Crippen LogP contribution in [0.25, 0.3) is 0 Å². The second-order valence-electron chi connectivity index (χ2n) is 8.24. The Hall–Kier alpha value is -2.49. The summed E-state index contributed by atoms with van der Waals surface area (Å²) in [6, 6.07) is 10.3. The molecule has 0 aliphatic heterocycles. The smallest absolute Gasteiger partial charge is 0.244 e.